The lowest BCUT2D eigenvalue weighted by molar-refractivity contribution is -0.137. The van der Waals surface area contributed by atoms with E-state index in [0.29, 0.717) is 18.5 Å². The molecule has 2 aromatic carbocycles. The van der Waals surface area contributed by atoms with Gasteiger partial charge in [0.05, 0.1) is 17.3 Å². The molecule has 0 N–H and O–H groups in total. The van der Waals surface area contributed by atoms with E-state index in [1.165, 1.54) is 12.1 Å². The zero-order valence-corrected chi connectivity index (χ0v) is 16.3. The zero-order valence-electron chi connectivity index (χ0n) is 16.3. The van der Waals surface area contributed by atoms with E-state index in [1.807, 2.05) is 53.4 Å². The Bertz CT molecular complexity index is 1020. The van der Waals surface area contributed by atoms with Gasteiger partial charge < -0.3 is 4.90 Å². The molecule has 1 unspecified atom stereocenters. The molecule has 30 heavy (non-hydrogen) atoms. The van der Waals surface area contributed by atoms with Crippen molar-refractivity contribution in [1.82, 2.24) is 9.88 Å². The number of carbonyl (C=O) groups is 1. The number of carbonyl (C=O) groups excluding carboxylic acids is 1. The minimum atomic E-state index is -4.34. The number of alkyl halides is 3. The summed E-state index contributed by atoms with van der Waals surface area (Å²) in [6, 6.07) is 19.9. The second-order valence-corrected chi connectivity index (χ2v) is 7.45. The van der Waals surface area contributed by atoms with Crippen LogP contribution in [0.15, 0.2) is 72.8 Å². The van der Waals surface area contributed by atoms with Gasteiger partial charge in [-0.2, -0.15) is 13.2 Å². The Morgan fingerprint density at radius 3 is 2.40 bits per heavy atom. The van der Waals surface area contributed by atoms with Gasteiger partial charge in [0.2, 0.25) is 0 Å². The fraction of sp³-hybridized carbons (Fsp3) is 0.250. The van der Waals surface area contributed by atoms with E-state index in [4.69, 9.17) is 4.98 Å². The second-order valence-electron chi connectivity index (χ2n) is 7.45. The Morgan fingerprint density at radius 2 is 1.70 bits per heavy atom. The van der Waals surface area contributed by atoms with Crippen LogP contribution in [0, 0.1) is 0 Å². The first-order valence-corrected chi connectivity index (χ1v) is 9.90. The smallest absolute Gasteiger partial charge is 0.330 e. The summed E-state index contributed by atoms with van der Waals surface area (Å²) in [5.74, 6) is -0.00644. The molecule has 3 nitrogen and oxygen atoms in total. The molecule has 2 heterocycles. The monoisotopic (exact) mass is 410 g/mol. The molecule has 1 saturated heterocycles. The van der Waals surface area contributed by atoms with Gasteiger partial charge in [-0.15, -0.1) is 0 Å². The molecule has 0 spiro atoms. The lowest BCUT2D eigenvalue weighted by Gasteiger charge is -2.25. The van der Waals surface area contributed by atoms with Crippen LogP contribution >= 0.6 is 0 Å². The van der Waals surface area contributed by atoms with Crippen LogP contribution in [0.5, 0.6) is 0 Å². The standard InChI is InChI=1S/C24H21F3N2O/c25-24(26,27)19-13-11-17(12-14-19)16-20-8-4-9-21(28-20)22-10-5-15-29(22)23(30)18-6-2-1-3-7-18/h1-4,6-9,11-14,22H,5,10,15-16H2. The van der Waals surface area contributed by atoms with E-state index < -0.39 is 11.7 Å². The molecular weight excluding hydrogens is 389 g/mol. The van der Waals surface area contributed by atoms with Crippen molar-refractivity contribution < 1.29 is 18.0 Å². The number of halogens is 3. The van der Waals surface area contributed by atoms with Gasteiger partial charge in [-0.1, -0.05) is 36.4 Å². The number of likely N-dealkylation sites (tertiary alicyclic amines) is 1. The first-order valence-electron chi connectivity index (χ1n) is 9.90. The Morgan fingerprint density at radius 1 is 0.967 bits per heavy atom. The summed E-state index contributed by atoms with van der Waals surface area (Å²) >= 11 is 0. The Hall–Kier alpha value is -3.15. The number of aromatic nitrogens is 1. The minimum Gasteiger partial charge on any atom is -0.330 e. The average Bonchev–Trinajstić information content (AvgIpc) is 3.24. The zero-order chi connectivity index (χ0) is 21.1. The largest absolute Gasteiger partial charge is 0.416 e. The van der Waals surface area contributed by atoms with Crippen LogP contribution in [0.1, 0.15) is 51.8 Å². The molecule has 0 aliphatic carbocycles. The lowest BCUT2D eigenvalue weighted by atomic mass is 10.0. The van der Waals surface area contributed by atoms with Crippen LogP contribution in [0.4, 0.5) is 13.2 Å². The van der Waals surface area contributed by atoms with Crippen molar-refractivity contribution in [3.63, 3.8) is 0 Å². The van der Waals surface area contributed by atoms with Crippen molar-refractivity contribution in [2.45, 2.75) is 31.5 Å². The third-order valence-electron chi connectivity index (χ3n) is 5.37. The predicted molar refractivity (Wildman–Crippen MR) is 108 cm³/mol. The first-order chi connectivity index (χ1) is 14.4. The van der Waals surface area contributed by atoms with Crippen LogP contribution in [0.2, 0.25) is 0 Å². The van der Waals surface area contributed by atoms with Crippen LogP contribution < -0.4 is 0 Å². The highest BCUT2D eigenvalue weighted by atomic mass is 19.4. The van der Waals surface area contributed by atoms with Gasteiger partial charge in [0, 0.05) is 24.2 Å². The molecule has 3 aromatic rings. The van der Waals surface area contributed by atoms with Gasteiger partial charge in [-0.25, -0.2) is 0 Å². The maximum absolute atomic E-state index is 12.9. The topological polar surface area (TPSA) is 33.2 Å². The summed E-state index contributed by atoms with van der Waals surface area (Å²) < 4.78 is 38.3. The maximum atomic E-state index is 12.9. The molecule has 1 fully saturated rings. The highest BCUT2D eigenvalue weighted by molar-refractivity contribution is 5.94. The van der Waals surface area contributed by atoms with E-state index in [-0.39, 0.29) is 11.9 Å². The average molecular weight is 410 g/mol. The second kappa shape index (κ2) is 8.30. The first kappa shape index (κ1) is 20.1. The molecule has 6 heteroatoms. The van der Waals surface area contributed by atoms with Crippen molar-refractivity contribution in [2.75, 3.05) is 6.54 Å². The third-order valence-corrected chi connectivity index (χ3v) is 5.37. The van der Waals surface area contributed by atoms with Crippen molar-refractivity contribution in [2.24, 2.45) is 0 Å². The number of nitrogens with zero attached hydrogens (tertiary/aromatic N) is 2. The molecule has 1 amide bonds. The third kappa shape index (κ3) is 4.37. The number of amides is 1. The summed E-state index contributed by atoms with van der Waals surface area (Å²) in [6.45, 7) is 0.684. The summed E-state index contributed by atoms with van der Waals surface area (Å²) in [5, 5.41) is 0. The van der Waals surface area contributed by atoms with E-state index in [0.717, 1.165) is 41.9 Å². The number of pyridine rings is 1. The van der Waals surface area contributed by atoms with Crippen LogP contribution in [0.25, 0.3) is 0 Å². The van der Waals surface area contributed by atoms with Gasteiger partial charge in [0.15, 0.2) is 0 Å². The van der Waals surface area contributed by atoms with Crippen molar-refractivity contribution in [3.05, 3.63) is 101 Å². The molecule has 0 saturated carbocycles. The Labute approximate surface area is 173 Å². The van der Waals surface area contributed by atoms with E-state index in [9.17, 15) is 18.0 Å². The summed E-state index contributed by atoms with van der Waals surface area (Å²) in [6.07, 6.45) is -2.15. The highest BCUT2D eigenvalue weighted by Crippen LogP contribution is 2.33. The predicted octanol–water partition coefficient (Wildman–Crippen LogP) is 5.67. The molecule has 1 aromatic heterocycles. The molecule has 4 rings (SSSR count). The van der Waals surface area contributed by atoms with Gasteiger partial charge in [-0.3, -0.25) is 9.78 Å². The molecule has 0 radical (unpaired) electrons. The van der Waals surface area contributed by atoms with E-state index >= 15 is 0 Å². The van der Waals surface area contributed by atoms with Crippen LogP contribution in [-0.2, 0) is 12.6 Å². The van der Waals surface area contributed by atoms with Gasteiger partial charge in [0.25, 0.3) is 5.91 Å². The van der Waals surface area contributed by atoms with Crippen molar-refractivity contribution >= 4 is 5.91 Å². The number of benzene rings is 2. The Kier molecular flexibility index (Phi) is 5.57. The number of rotatable bonds is 4. The van der Waals surface area contributed by atoms with E-state index in [2.05, 4.69) is 0 Å². The molecule has 1 aliphatic heterocycles. The fourth-order valence-electron chi connectivity index (χ4n) is 3.87. The SMILES string of the molecule is O=C(c1ccccc1)N1CCCC1c1cccc(Cc2ccc(C(F)(F)F)cc2)n1. The van der Waals surface area contributed by atoms with Crippen molar-refractivity contribution in [3.8, 4) is 0 Å². The molecule has 1 aliphatic rings. The number of hydrogen-bond donors (Lipinski definition) is 0. The molecule has 0 bridgehead atoms. The van der Waals surface area contributed by atoms with Crippen LogP contribution in [0.3, 0.4) is 0 Å². The lowest BCUT2D eigenvalue weighted by Crippen LogP contribution is -2.31. The molecule has 154 valence electrons. The summed E-state index contributed by atoms with van der Waals surface area (Å²) in [5.41, 5.74) is 2.35. The van der Waals surface area contributed by atoms with Crippen molar-refractivity contribution in [1.29, 1.82) is 0 Å². The highest BCUT2D eigenvalue weighted by Gasteiger charge is 2.32. The quantitative estimate of drug-likeness (QED) is 0.555. The normalized spacial score (nSPS) is 16.6. The molecule has 1 atom stereocenters. The number of hydrogen-bond acceptors (Lipinski definition) is 2. The summed E-state index contributed by atoms with van der Waals surface area (Å²) in [7, 11) is 0. The van der Waals surface area contributed by atoms with Crippen LogP contribution in [-0.4, -0.2) is 22.3 Å². The fourth-order valence-corrected chi connectivity index (χ4v) is 3.87. The van der Waals surface area contributed by atoms with E-state index in [1.54, 1.807) is 0 Å². The molecular formula is C24H21F3N2O. The Balaban J connectivity index is 1.52. The van der Waals surface area contributed by atoms with Gasteiger partial charge >= 0.3 is 6.18 Å². The van der Waals surface area contributed by atoms with Gasteiger partial charge in [-0.05, 0) is 54.8 Å². The maximum Gasteiger partial charge on any atom is 0.416 e. The minimum absolute atomic E-state index is 0.00644. The van der Waals surface area contributed by atoms with Gasteiger partial charge in [0.1, 0.15) is 0 Å². The summed E-state index contributed by atoms with van der Waals surface area (Å²) in [4.78, 5) is 19.5.